The molecule has 0 atom stereocenters. The van der Waals surface area contributed by atoms with Crippen LogP contribution in [0.2, 0.25) is 0 Å². The van der Waals surface area contributed by atoms with Crippen LogP contribution in [0.1, 0.15) is 34.6 Å². The van der Waals surface area contributed by atoms with Crippen molar-refractivity contribution in [3.63, 3.8) is 0 Å². The first kappa shape index (κ1) is 16.6. The molecule has 19 heavy (non-hydrogen) atoms. The van der Waals surface area contributed by atoms with Gasteiger partial charge in [0.2, 0.25) is 35.5 Å². The fourth-order valence-corrected chi connectivity index (χ4v) is 1.35. The van der Waals surface area contributed by atoms with Crippen LogP contribution in [0.5, 0.6) is 0 Å². The van der Waals surface area contributed by atoms with Gasteiger partial charge in [0.1, 0.15) is 0 Å². The third-order valence-corrected chi connectivity index (χ3v) is 1.92. The van der Waals surface area contributed by atoms with Gasteiger partial charge in [-0.15, -0.1) is 0 Å². The summed E-state index contributed by atoms with van der Waals surface area (Å²) in [4.78, 5) is 61.1. The normalized spacial score (nSPS) is 9.32. The number of imide groups is 2. The van der Waals surface area contributed by atoms with Gasteiger partial charge in [-0.2, -0.15) is 4.99 Å². The zero-order valence-corrected chi connectivity index (χ0v) is 11.4. The lowest BCUT2D eigenvalue weighted by Gasteiger charge is -2.26. The molecule has 0 aliphatic carbocycles. The fourth-order valence-electron chi connectivity index (χ4n) is 1.35. The number of hydrogen-bond donors (Lipinski definition) is 0. The molecule has 0 unspecified atom stereocenters. The number of rotatable bonds is 0. The average molecular weight is 269 g/mol. The van der Waals surface area contributed by atoms with Gasteiger partial charge in [0.05, 0.1) is 0 Å². The second-order valence-electron chi connectivity index (χ2n) is 3.68. The largest absolute Gasteiger partial charge is 0.274 e. The molecule has 0 spiro atoms. The Morgan fingerprint density at radius 1 is 0.632 bits per heavy atom. The topological polar surface area (TPSA) is 104 Å². The Kier molecular flexibility index (Phi) is 5.71. The number of hydrogen-bond acceptors (Lipinski definition) is 5. The highest BCUT2D eigenvalue weighted by molar-refractivity contribution is 6.21. The van der Waals surface area contributed by atoms with E-state index in [9.17, 15) is 24.0 Å². The monoisotopic (exact) mass is 269 g/mol. The van der Waals surface area contributed by atoms with Gasteiger partial charge in [0.25, 0.3) is 0 Å². The molecule has 8 heteroatoms. The van der Waals surface area contributed by atoms with E-state index in [2.05, 4.69) is 4.99 Å². The Balaban J connectivity index is 6.01. The van der Waals surface area contributed by atoms with Crippen molar-refractivity contribution in [2.24, 2.45) is 4.99 Å². The minimum absolute atomic E-state index is 0.490. The predicted molar refractivity (Wildman–Crippen MR) is 64.5 cm³/mol. The van der Waals surface area contributed by atoms with Crippen LogP contribution in [0, 0.1) is 0 Å². The smallest absolute Gasteiger partial charge is 0.245 e. The van der Waals surface area contributed by atoms with Crippen LogP contribution < -0.4 is 0 Å². The zero-order valence-electron chi connectivity index (χ0n) is 11.4. The molecule has 0 aromatic heterocycles. The van der Waals surface area contributed by atoms with E-state index in [1.165, 1.54) is 0 Å². The molecule has 5 amide bonds. The Hall–Kier alpha value is -2.38. The van der Waals surface area contributed by atoms with E-state index in [1.807, 2.05) is 0 Å². The molecule has 0 heterocycles. The molecule has 0 bridgehead atoms. The summed E-state index contributed by atoms with van der Waals surface area (Å²) in [6, 6.07) is 0. The van der Waals surface area contributed by atoms with Crippen molar-refractivity contribution in [1.29, 1.82) is 0 Å². The number of carbonyl (C=O) groups is 5. The summed E-state index contributed by atoms with van der Waals surface area (Å²) < 4.78 is 0. The summed E-state index contributed by atoms with van der Waals surface area (Å²) >= 11 is 0. The number of amides is 5. The maximum atomic E-state index is 11.4. The van der Waals surface area contributed by atoms with Crippen molar-refractivity contribution in [2.75, 3.05) is 0 Å². The third kappa shape index (κ3) is 4.41. The third-order valence-electron chi connectivity index (χ3n) is 1.92. The standard InChI is InChI=1S/C11H15N3O5/c1-6(15)12-11(13(7(2)16)8(3)17)14(9(4)18)10(5)19/h1-5H3. The lowest BCUT2D eigenvalue weighted by Crippen LogP contribution is -2.52. The molecule has 0 saturated heterocycles. The molecule has 0 aliphatic rings. The zero-order chi connectivity index (χ0) is 15.3. The van der Waals surface area contributed by atoms with Crippen LogP contribution >= 0.6 is 0 Å². The highest BCUT2D eigenvalue weighted by atomic mass is 16.2. The van der Waals surface area contributed by atoms with Gasteiger partial charge in [-0.05, 0) is 0 Å². The Morgan fingerprint density at radius 3 is 1.05 bits per heavy atom. The van der Waals surface area contributed by atoms with Crippen molar-refractivity contribution in [1.82, 2.24) is 9.80 Å². The molecule has 0 N–H and O–H groups in total. The molecule has 0 aromatic carbocycles. The first-order valence-corrected chi connectivity index (χ1v) is 5.31. The van der Waals surface area contributed by atoms with Crippen molar-refractivity contribution >= 4 is 35.5 Å². The quantitative estimate of drug-likeness (QED) is 0.442. The molecule has 8 nitrogen and oxygen atoms in total. The number of guanidine groups is 1. The van der Waals surface area contributed by atoms with E-state index in [0.717, 1.165) is 34.6 Å². The van der Waals surface area contributed by atoms with E-state index < -0.39 is 35.5 Å². The molecule has 0 saturated carbocycles. The molecular weight excluding hydrogens is 254 g/mol. The van der Waals surface area contributed by atoms with E-state index >= 15 is 0 Å². The fraction of sp³-hybridized carbons (Fsp3) is 0.455. The summed E-state index contributed by atoms with van der Waals surface area (Å²) in [6.45, 7) is 5.27. The summed E-state index contributed by atoms with van der Waals surface area (Å²) in [7, 11) is 0. The van der Waals surface area contributed by atoms with Crippen molar-refractivity contribution in [3.8, 4) is 0 Å². The lowest BCUT2D eigenvalue weighted by molar-refractivity contribution is -0.140. The van der Waals surface area contributed by atoms with E-state index in [-0.39, 0.29) is 0 Å². The Labute approximate surface area is 110 Å². The highest BCUT2D eigenvalue weighted by Crippen LogP contribution is 2.04. The number of nitrogens with zero attached hydrogens (tertiary/aromatic N) is 3. The van der Waals surface area contributed by atoms with Crippen LogP contribution in [-0.4, -0.2) is 45.3 Å². The summed E-state index contributed by atoms with van der Waals surface area (Å²) in [5.74, 6) is -4.41. The average Bonchev–Trinajstić information content (AvgIpc) is 2.12. The highest BCUT2D eigenvalue weighted by Gasteiger charge is 2.31. The van der Waals surface area contributed by atoms with Gasteiger partial charge in [-0.3, -0.25) is 24.0 Å². The molecule has 0 rings (SSSR count). The Morgan fingerprint density at radius 2 is 0.895 bits per heavy atom. The number of aliphatic imine (C=N–C) groups is 1. The van der Waals surface area contributed by atoms with Gasteiger partial charge >= 0.3 is 0 Å². The Bertz CT molecular complexity index is 419. The van der Waals surface area contributed by atoms with Crippen molar-refractivity contribution in [3.05, 3.63) is 0 Å². The summed E-state index contributed by atoms with van der Waals surface area (Å²) in [5, 5.41) is 0. The first-order chi connectivity index (χ1) is 8.59. The molecule has 0 radical (unpaired) electrons. The predicted octanol–water partition coefficient (Wildman–Crippen LogP) is -0.321. The van der Waals surface area contributed by atoms with Crippen molar-refractivity contribution < 1.29 is 24.0 Å². The van der Waals surface area contributed by atoms with E-state index in [4.69, 9.17) is 0 Å². The first-order valence-electron chi connectivity index (χ1n) is 5.31. The van der Waals surface area contributed by atoms with Crippen LogP contribution in [0.25, 0.3) is 0 Å². The SMILES string of the molecule is CC(=O)N=C(N(C(C)=O)C(C)=O)N(C(C)=O)C(C)=O. The lowest BCUT2D eigenvalue weighted by atomic mass is 10.4. The van der Waals surface area contributed by atoms with Gasteiger partial charge in [-0.1, -0.05) is 0 Å². The summed E-state index contributed by atoms with van der Waals surface area (Å²) in [6.07, 6.45) is 0. The van der Waals surface area contributed by atoms with E-state index in [1.54, 1.807) is 0 Å². The molecular formula is C11H15N3O5. The maximum Gasteiger partial charge on any atom is 0.245 e. The van der Waals surface area contributed by atoms with Gasteiger partial charge in [0.15, 0.2) is 0 Å². The maximum absolute atomic E-state index is 11.4. The second-order valence-corrected chi connectivity index (χ2v) is 3.68. The number of carbonyl (C=O) groups excluding carboxylic acids is 5. The molecule has 0 aliphatic heterocycles. The molecule has 104 valence electrons. The van der Waals surface area contributed by atoms with Crippen molar-refractivity contribution in [2.45, 2.75) is 34.6 Å². The van der Waals surface area contributed by atoms with Crippen LogP contribution in [-0.2, 0) is 24.0 Å². The van der Waals surface area contributed by atoms with E-state index in [0.29, 0.717) is 9.80 Å². The second kappa shape index (κ2) is 6.53. The van der Waals surface area contributed by atoms with Crippen LogP contribution in [0.15, 0.2) is 4.99 Å². The van der Waals surface area contributed by atoms with Gasteiger partial charge in [0, 0.05) is 34.6 Å². The van der Waals surface area contributed by atoms with Gasteiger partial charge in [-0.25, -0.2) is 9.80 Å². The van der Waals surface area contributed by atoms with Gasteiger partial charge < -0.3 is 0 Å². The van der Waals surface area contributed by atoms with Crippen LogP contribution in [0.3, 0.4) is 0 Å². The molecule has 0 fully saturated rings. The summed E-state index contributed by atoms with van der Waals surface area (Å²) in [5.41, 5.74) is 0. The minimum Gasteiger partial charge on any atom is -0.274 e. The van der Waals surface area contributed by atoms with Crippen LogP contribution in [0.4, 0.5) is 0 Å². The molecule has 0 aromatic rings. The minimum atomic E-state index is -0.764.